The van der Waals surface area contributed by atoms with E-state index in [1.165, 1.54) is 5.39 Å². The van der Waals surface area contributed by atoms with E-state index < -0.39 is 0 Å². The second kappa shape index (κ2) is 8.49. The molecule has 2 N–H and O–H groups in total. The van der Waals surface area contributed by atoms with Crippen LogP contribution in [-0.2, 0) is 4.79 Å². The lowest BCUT2D eigenvalue weighted by molar-refractivity contribution is -0.122. The molecular weight excluding hydrogens is 336 g/mol. The van der Waals surface area contributed by atoms with Crippen molar-refractivity contribution < 1.29 is 9.59 Å². The molecule has 2 atom stereocenters. The first-order valence-corrected chi connectivity index (χ1v) is 9.17. The van der Waals surface area contributed by atoms with E-state index >= 15 is 0 Å². The van der Waals surface area contributed by atoms with Gasteiger partial charge in [0.1, 0.15) is 0 Å². The Labute approximate surface area is 159 Å². The standard InChI is InChI=1S/C23H24N2O2/c1-16(24-23(27)19-9-4-3-5-10-19)14-22(26)25-17(2)20-13-12-18-8-6-7-11-21(18)15-20/h3-13,15-17H,14H2,1-2H3,(H,24,27)(H,25,26). The fraction of sp³-hybridized carbons (Fsp3) is 0.217. The second-order valence-electron chi connectivity index (χ2n) is 6.84. The van der Waals surface area contributed by atoms with Gasteiger partial charge in [0.05, 0.1) is 6.04 Å². The molecule has 0 aromatic heterocycles. The minimum atomic E-state index is -0.249. The van der Waals surface area contributed by atoms with E-state index in [2.05, 4.69) is 34.9 Å². The van der Waals surface area contributed by atoms with Gasteiger partial charge in [0.2, 0.25) is 5.91 Å². The molecule has 0 saturated heterocycles. The molecule has 4 heteroatoms. The molecule has 3 aromatic rings. The van der Waals surface area contributed by atoms with Gasteiger partial charge in [0, 0.05) is 18.0 Å². The maximum Gasteiger partial charge on any atom is 0.251 e. The van der Waals surface area contributed by atoms with Crippen LogP contribution >= 0.6 is 0 Å². The number of carbonyl (C=O) groups is 2. The van der Waals surface area contributed by atoms with E-state index in [9.17, 15) is 9.59 Å². The number of carbonyl (C=O) groups excluding carboxylic acids is 2. The van der Waals surface area contributed by atoms with Crippen molar-refractivity contribution in [3.05, 3.63) is 83.9 Å². The largest absolute Gasteiger partial charge is 0.350 e. The predicted octanol–water partition coefficient (Wildman–Crippen LogP) is 4.23. The smallest absolute Gasteiger partial charge is 0.251 e. The molecule has 27 heavy (non-hydrogen) atoms. The van der Waals surface area contributed by atoms with Crippen LogP contribution in [0.5, 0.6) is 0 Å². The minimum Gasteiger partial charge on any atom is -0.350 e. The maximum atomic E-state index is 12.4. The molecule has 0 heterocycles. The highest BCUT2D eigenvalue weighted by Gasteiger charge is 2.15. The van der Waals surface area contributed by atoms with Crippen LogP contribution in [0.15, 0.2) is 72.8 Å². The van der Waals surface area contributed by atoms with Gasteiger partial charge in [-0.3, -0.25) is 9.59 Å². The highest BCUT2D eigenvalue weighted by molar-refractivity contribution is 5.94. The lowest BCUT2D eigenvalue weighted by Gasteiger charge is -2.18. The number of hydrogen-bond donors (Lipinski definition) is 2. The van der Waals surface area contributed by atoms with Crippen LogP contribution in [0.25, 0.3) is 10.8 Å². The van der Waals surface area contributed by atoms with E-state index in [-0.39, 0.29) is 30.3 Å². The van der Waals surface area contributed by atoms with Gasteiger partial charge < -0.3 is 10.6 Å². The van der Waals surface area contributed by atoms with Crippen molar-refractivity contribution in [1.29, 1.82) is 0 Å². The molecule has 0 saturated carbocycles. The van der Waals surface area contributed by atoms with E-state index in [0.29, 0.717) is 5.56 Å². The Morgan fingerprint density at radius 1 is 0.815 bits per heavy atom. The van der Waals surface area contributed by atoms with Gasteiger partial charge in [0.15, 0.2) is 0 Å². The first-order chi connectivity index (χ1) is 13.0. The summed E-state index contributed by atoms with van der Waals surface area (Å²) < 4.78 is 0. The predicted molar refractivity (Wildman–Crippen MR) is 108 cm³/mol. The first-order valence-electron chi connectivity index (χ1n) is 9.17. The Kier molecular flexibility index (Phi) is 5.87. The van der Waals surface area contributed by atoms with Gasteiger partial charge in [-0.2, -0.15) is 0 Å². The van der Waals surface area contributed by atoms with Crippen LogP contribution in [0.4, 0.5) is 0 Å². The van der Waals surface area contributed by atoms with Gasteiger partial charge in [-0.05, 0) is 48.4 Å². The van der Waals surface area contributed by atoms with Crippen molar-refractivity contribution in [2.75, 3.05) is 0 Å². The highest BCUT2D eigenvalue weighted by atomic mass is 16.2. The molecule has 138 valence electrons. The van der Waals surface area contributed by atoms with Gasteiger partial charge in [-0.15, -0.1) is 0 Å². The Morgan fingerprint density at radius 2 is 1.48 bits per heavy atom. The zero-order chi connectivity index (χ0) is 19.2. The van der Waals surface area contributed by atoms with Gasteiger partial charge in [-0.25, -0.2) is 0 Å². The van der Waals surface area contributed by atoms with Crippen molar-refractivity contribution in [2.45, 2.75) is 32.4 Å². The zero-order valence-corrected chi connectivity index (χ0v) is 15.6. The number of amides is 2. The molecule has 0 aliphatic rings. The maximum absolute atomic E-state index is 12.4. The summed E-state index contributed by atoms with van der Waals surface area (Å²) in [6.07, 6.45) is 0.233. The average Bonchev–Trinajstić information content (AvgIpc) is 2.68. The van der Waals surface area contributed by atoms with Crippen LogP contribution in [-0.4, -0.2) is 17.9 Å². The van der Waals surface area contributed by atoms with Crippen molar-refractivity contribution in [3.63, 3.8) is 0 Å². The number of benzene rings is 3. The van der Waals surface area contributed by atoms with Gasteiger partial charge in [-0.1, -0.05) is 54.6 Å². The van der Waals surface area contributed by atoms with Crippen LogP contribution in [0.3, 0.4) is 0 Å². The molecular formula is C23H24N2O2. The molecule has 3 aromatic carbocycles. The van der Waals surface area contributed by atoms with Crippen LogP contribution in [0, 0.1) is 0 Å². The van der Waals surface area contributed by atoms with Crippen molar-refractivity contribution >= 4 is 22.6 Å². The number of rotatable bonds is 6. The van der Waals surface area contributed by atoms with Crippen LogP contribution in [0.2, 0.25) is 0 Å². The Hall–Kier alpha value is -3.14. The lowest BCUT2D eigenvalue weighted by atomic mass is 10.0. The van der Waals surface area contributed by atoms with Crippen molar-refractivity contribution in [2.24, 2.45) is 0 Å². The molecule has 0 fully saturated rings. The molecule has 3 rings (SSSR count). The molecule has 0 spiro atoms. The molecule has 0 aliphatic carbocycles. The summed E-state index contributed by atoms with van der Waals surface area (Å²) in [7, 11) is 0. The Bertz CT molecular complexity index is 937. The molecule has 0 radical (unpaired) electrons. The summed E-state index contributed by atoms with van der Waals surface area (Å²) in [4.78, 5) is 24.5. The SMILES string of the molecule is CC(CC(=O)NC(C)c1ccc2ccccc2c1)NC(=O)c1ccccc1. The van der Waals surface area contributed by atoms with Crippen LogP contribution < -0.4 is 10.6 Å². The summed E-state index contributed by atoms with van der Waals surface area (Å²) in [5.74, 6) is -0.255. The average molecular weight is 360 g/mol. The van der Waals surface area contributed by atoms with E-state index in [1.54, 1.807) is 12.1 Å². The fourth-order valence-electron chi connectivity index (χ4n) is 3.09. The fourth-order valence-corrected chi connectivity index (χ4v) is 3.09. The summed E-state index contributed by atoms with van der Waals surface area (Å²) in [6, 6.07) is 23.0. The summed E-state index contributed by atoms with van der Waals surface area (Å²) in [5, 5.41) is 8.21. The third kappa shape index (κ3) is 4.94. The minimum absolute atomic E-state index is 0.0866. The lowest BCUT2D eigenvalue weighted by Crippen LogP contribution is -2.37. The highest BCUT2D eigenvalue weighted by Crippen LogP contribution is 2.20. The van der Waals surface area contributed by atoms with Crippen LogP contribution in [0.1, 0.15) is 42.2 Å². The molecule has 0 bridgehead atoms. The van der Waals surface area contributed by atoms with Gasteiger partial charge in [0.25, 0.3) is 5.91 Å². The van der Waals surface area contributed by atoms with E-state index in [0.717, 1.165) is 10.9 Å². The monoisotopic (exact) mass is 360 g/mol. The van der Waals surface area contributed by atoms with Crippen molar-refractivity contribution in [3.8, 4) is 0 Å². The van der Waals surface area contributed by atoms with Crippen molar-refractivity contribution in [1.82, 2.24) is 10.6 Å². The number of nitrogens with one attached hydrogen (secondary N) is 2. The van der Waals surface area contributed by atoms with Gasteiger partial charge >= 0.3 is 0 Å². The third-order valence-electron chi connectivity index (χ3n) is 4.56. The molecule has 4 nitrogen and oxygen atoms in total. The Balaban J connectivity index is 1.55. The number of fused-ring (bicyclic) bond motifs is 1. The Morgan fingerprint density at radius 3 is 2.22 bits per heavy atom. The topological polar surface area (TPSA) is 58.2 Å². The molecule has 2 unspecified atom stereocenters. The molecule has 0 aliphatic heterocycles. The van der Waals surface area contributed by atoms with E-state index in [4.69, 9.17) is 0 Å². The first kappa shape index (κ1) is 18.6. The molecule has 2 amide bonds. The summed E-state index contributed by atoms with van der Waals surface area (Å²) in [5.41, 5.74) is 1.65. The van der Waals surface area contributed by atoms with E-state index in [1.807, 2.05) is 50.2 Å². The normalized spacial score (nSPS) is 13.0. The quantitative estimate of drug-likeness (QED) is 0.691. The third-order valence-corrected chi connectivity index (χ3v) is 4.56. The zero-order valence-electron chi connectivity index (χ0n) is 15.6. The summed E-state index contributed by atoms with van der Waals surface area (Å²) >= 11 is 0. The summed E-state index contributed by atoms with van der Waals surface area (Å²) in [6.45, 7) is 3.80. The second-order valence-corrected chi connectivity index (χ2v) is 6.84. The number of hydrogen-bond acceptors (Lipinski definition) is 2.